The number of aryl methyl sites for hydroxylation is 1. The lowest BCUT2D eigenvalue weighted by atomic mass is 10.2. The third kappa shape index (κ3) is 4.34. The summed E-state index contributed by atoms with van der Waals surface area (Å²) in [5.74, 6) is -0.356. The van der Waals surface area contributed by atoms with Gasteiger partial charge in [0.2, 0.25) is 10.0 Å². The van der Waals surface area contributed by atoms with E-state index in [1.807, 2.05) is 13.8 Å². The van der Waals surface area contributed by atoms with E-state index in [4.69, 9.17) is 0 Å². The number of rotatable bonds is 6. The molecule has 0 saturated carbocycles. The first kappa shape index (κ1) is 18.9. The van der Waals surface area contributed by atoms with Crippen LogP contribution in [0.1, 0.15) is 23.0 Å². The maximum atomic E-state index is 12.4. The smallest absolute Gasteiger partial charge is 0.257 e. The van der Waals surface area contributed by atoms with Gasteiger partial charge in [-0.2, -0.15) is 0 Å². The monoisotopic (exact) mass is 362 g/mol. The Balaban J connectivity index is 2.39. The Morgan fingerprint density at radius 2 is 1.88 bits per heavy atom. The highest BCUT2D eigenvalue weighted by Crippen LogP contribution is 2.27. The number of nitrogens with one attached hydrogen (secondary N) is 2. The van der Waals surface area contributed by atoms with Crippen LogP contribution in [0, 0.1) is 6.92 Å². The van der Waals surface area contributed by atoms with Gasteiger partial charge >= 0.3 is 0 Å². The number of carbonyl (C=O) groups excluding carboxylic acids is 1. The second kappa shape index (κ2) is 7.62. The zero-order valence-electron chi connectivity index (χ0n) is 14.7. The van der Waals surface area contributed by atoms with E-state index in [-0.39, 0.29) is 10.8 Å². The van der Waals surface area contributed by atoms with Crippen molar-refractivity contribution in [1.29, 1.82) is 0 Å². The van der Waals surface area contributed by atoms with Gasteiger partial charge in [-0.1, -0.05) is 0 Å². The van der Waals surface area contributed by atoms with Gasteiger partial charge in [0.15, 0.2) is 0 Å². The average Bonchev–Trinajstić information content (AvgIpc) is 2.56. The molecule has 2 N–H and O–H groups in total. The van der Waals surface area contributed by atoms with E-state index in [1.165, 1.54) is 32.4 Å². The molecular formula is C17H22N4O3S. The summed E-state index contributed by atoms with van der Waals surface area (Å²) in [5, 5.41) is 5.87. The summed E-state index contributed by atoms with van der Waals surface area (Å²) in [6.07, 6.45) is 1.48. The van der Waals surface area contributed by atoms with Crippen LogP contribution in [0.5, 0.6) is 0 Å². The average molecular weight is 362 g/mol. The molecule has 0 unspecified atom stereocenters. The molecule has 25 heavy (non-hydrogen) atoms. The minimum absolute atomic E-state index is 0.108. The lowest BCUT2D eigenvalue weighted by molar-refractivity contribution is 0.102. The zero-order chi connectivity index (χ0) is 18.6. The van der Waals surface area contributed by atoms with Gasteiger partial charge in [0.1, 0.15) is 0 Å². The van der Waals surface area contributed by atoms with E-state index < -0.39 is 10.0 Å². The van der Waals surface area contributed by atoms with E-state index in [0.717, 1.165) is 10.00 Å². The van der Waals surface area contributed by atoms with Gasteiger partial charge in [0.05, 0.1) is 21.8 Å². The molecule has 2 aromatic rings. The highest BCUT2D eigenvalue weighted by atomic mass is 32.2. The van der Waals surface area contributed by atoms with Crippen molar-refractivity contribution in [3.63, 3.8) is 0 Å². The van der Waals surface area contributed by atoms with Crippen molar-refractivity contribution in [3.8, 4) is 0 Å². The van der Waals surface area contributed by atoms with Gasteiger partial charge in [0, 0.05) is 32.5 Å². The van der Waals surface area contributed by atoms with E-state index in [0.29, 0.717) is 23.5 Å². The lowest BCUT2D eigenvalue weighted by Gasteiger charge is -2.16. The van der Waals surface area contributed by atoms with Gasteiger partial charge in [-0.25, -0.2) is 12.7 Å². The Morgan fingerprint density at radius 3 is 2.44 bits per heavy atom. The fraction of sp³-hybridized carbons (Fsp3) is 0.294. The molecule has 0 aliphatic rings. The number of amides is 1. The molecule has 0 spiro atoms. The maximum Gasteiger partial charge on any atom is 0.257 e. The molecule has 0 radical (unpaired) electrons. The van der Waals surface area contributed by atoms with E-state index >= 15 is 0 Å². The Morgan fingerprint density at radius 1 is 1.16 bits per heavy atom. The van der Waals surface area contributed by atoms with E-state index in [9.17, 15) is 13.2 Å². The van der Waals surface area contributed by atoms with Crippen molar-refractivity contribution in [2.24, 2.45) is 0 Å². The molecule has 0 fully saturated rings. The van der Waals surface area contributed by atoms with Gasteiger partial charge in [-0.15, -0.1) is 0 Å². The number of pyridine rings is 1. The maximum absolute atomic E-state index is 12.4. The molecule has 0 saturated heterocycles. The molecule has 1 aromatic carbocycles. The molecule has 8 heteroatoms. The standard InChI is InChI=1S/C17H22N4O3S/c1-5-18-15-9-8-14(25(23,24)21(3)4)10-16(15)20-17(22)13-7-6-12(2)19-11-13/h6-11,18H,5H2,1-4H3,(H,20,22). The van der Waals surface area contributed by atoms with Crippen molar-refractivity contribution < 1.29 is 13.2 Å². The second-order valence-electron chi connectivity index (χ2n) is 5.67. The summed E-state index contributed by atoms with van der Waals surface area (Å²) in [6.45, 7) is 4.38. The topological polar surface area (TPSA) is 91.4 Å². The molecule has 0 atom stereocenters. The van der Waals surface area contributed by atoms with Crippen LogP contribution in [0.3, 0.4) is 0 Å². The molecular weight excluding hydrogens is 340 g/mol. The molecule has 1 aromatic heterocycles. The number of sulfonamides is 1. The van der Waals surface area contributed by atoms with Gasteiger partial charge in [-0.3, -0.25) is 9.78 Å². The Labute approximate surface area is 148 Å². The Hall–Kier alpha value is -2.45. The number of anilines is 2. The molecule has 0 aliphatic heterocycles. The summed E-state index contributed by atoms with van der Waals surface area (Å²) in [5.41, 5.74) is 2.25. The third-order valence-electron chi connectivity index (χ3n) is 3.56. The van der Waals surface area contributed by atoms with Gasteiger partial charge in [-0.05, 0) is 44.2 Å². The highest BCUT2D eigenvalue weighted by Gasteiger charge is 2.19. The fourth-order valence-electron chi connectivity index (χ4n) is 2.14. The zero-order valence-corrected chi connectivity index (χ0v) is 15.5. The quantitative estimate of drug-likeness (QED) is 0.823. The summed E-state index contributed by atoms with van der Waals surface area (Å²) in [7, 11) is -0.671. The SMILES string of the molecule is CCNc1ccc(S(=O)(=O)N(C)C)cc1NC(=O)c1ccc(C)nc1. The Kier molecular flexibility index (Phi) is 5.76. The number of benzene rings is 1. The fourth-order valence-corrected chi connectivity index (χ4v) is 3.07. The lowest BCUT2D eigenvalue weighted by Crippen LogP contribution is -2.22. The first-order valence-corrected chi connectivity index (χ1v) is 9.24. The minimum atomic E-state index is -3.60. The summed E-state index contributed by atoms with van der Waals surface area (Å²) < 4.78 is 25.8. The molecule has 1 amide bonds. The van der Waals surface area contributed by atoms with Crippen LogP contribution in [0.4, 0.5) is 11.4 Å². The third-order valence-corrected chi connectivity index (χ3v) is 5.37. The van der Waals surface area contributed by atoms with Gasteiger partial charge in [0.25, 0.3) is 5.91 Å². The van der Waals surface area contributed by atoms with Crippen LogP contribution < -0.4 is 10.6 Å². The predicted molar refractivity (Wildman–Crippen MR) is 98.4 cm³/mol. The summed E-state index contributed by atoms with van der Waals surface area (Å²) in [6, 6.07) is 8.02. The number of carbonyl (C=O) groups is 1. The Bertz CT molecular complexity index is 862. The molecule has 2 rings (SSSR count). The minimum Gasteiger partial charge on any atom is -0.384 e. The van der Waals surface area contributed by atoms with Crippen LogP contribution in [-0.4, -0.2) is 44.3 Å². The van der Waals surface area contributed by atoms with Crippen molar-refractivity contribution in [2.45, 2.75) is 18.7 Å². The van der Waals surface area contributed by atoms with Crippen molar-refractivity contribution in [2.75, 3.05) is 31.3 Å². The van der Waals surface area contributed by atoms with E-state index in [1.54, 1.807) is 18.2 Å². The first-order valence-electron chi connectivity index (χ1n) is 7.80. The van der Waals surface area contributed by atoms with Crippen LogP contribution >= 0.6 is 0 Å². The van der Waals surface area contributed by atoms with Gasteiger partial charge < -0.3 is 10.6 Å². The summed E-state index contributed by atoms with van der Waals surface area (Å²) in [4.78, 5) is 16.6. The number of aromatic nitrogens is 1. The molecule has 7 nitrogen and oxygen atoms in total. The second-order valence-corrected chi connectivity index (χ2v) is 7.82. The van der Waals surface area contributed by atoms with Crippen molar-refractivity contribution in [3.05, 3.63) is 47.8 Å². The molecule has 0 aliphatic carbocycles. The van der Waals surface area contributed by atoms with E-state index in [2.05, 4.69) is 15.6 Å². The van der Waals surface area contributed by atoms with Crippen molar-refractivity contribution in [1.82, 2.24) is 9.29 Å². The normalized spacial score (nSPS) is 11.4. The van der Waals surface area contributed by atoms with Crippen molar-refractivity contribution >= 4 is 27.3 Å². The van der Waals surface area contributed by atoms with Crippen LogP contribution in [-0.2, 0) is 10.0 Å². The number of hydrogen-bond donors (Lipinski definition) is 2. The summed E-state index contributed by atoms with van der Waals surface area (Å²) >= 11 is 0. The predicted octanol–water partition coefficient (Wildman–Crippen LogP) is 2.32. The number of nitrogens with zero attached hydrogens (tertiary/aromatic N) is 2. The van der Waals surface area contributed by atoms with Crippen LogP contribution in [0.15, 0.2) is 41.4 Å². The van der Waals surface area contributed by atoms with Crippen LogP contribution in [0.2, 0.25) is 0 Å². The molecule has 0 bridgehead atoms. The highest BCUT2D eigenvalue weighted by molar-refractivity contribution is 7.89. The number of hydrogen-bond acceptors (Lipinski definition) is 5. The van der Waals surface area contributed by atoms with Crippen LogP contribution in [0.25, 0.3) is 0 Å². The first-order chi connectivity index (χ1) is 11.8. The molecule has 134 valence electrons. The largest absolute Gasteiger partial charge is 0.384 e. The molecule has 1 heterocycles.